The Kier molecular flexibility index (Phi) is 5.80. The fourth-order valence-electron chi connectivity index (χ4n) is 1.91. The van der Waals surface area contributed by atoms with Crippen LogP contribution >= 0.6 is 11.6 Å². The molecule has 2 rings (SSSR count). The molecule has 0 radical (unpaired) electrons. The van der Waals surface area contributed by atoms with Crippen LogP contribution in [0, 0.1) is 0 Å². The molecule has 2 aromatic rings. The second kappa shape index (κ2) is 7.61. The van der Waals surface area contributed by atoms with Gasteiger partial charge in [-0.25, -0.2) is 0 Å². The Morgan fingerprint density at radius 3 is 2.64 bits per heavy atom. The molecule has 0 saturated heterocycles. The lowest BCUT2D eigenvalue weighted by Gasteiger charge is -2.05. The SMILES string of the molecule is CC(C)NC(=O)c1ccc(C[S@](=O)Cc2ccccc2Cl)o1. The van der Waals surface area contributed by atoms with E-state index in [0.29, 0.717) is 16.5 Å². The van der Waals surface area contributed by atoms with Gasteiger partial charge in [-0.2, -0.15) is 0 Å². The van der Waals surface area contributed by atoms with E-state index < -0.39 is 10.8 Å². The van der Waals surface area contributed by atoms with E-state index in [-0.39, 0.29) is 23.5 Å². The molecule has 0 spiro atoms. The normalized spacial score (nSPS) is 12.4. The van der Waals surface area contributed by atoms with E-state index in [9.17, 15) is 9.00 Å². The maximum atomic E-state index is 12.2. The molecule has 1 N–H and O–H groups in total. The number of halogens is 1. The van der Waals surface area contributed by atoms with Gasteiger partial charge in [-0.15, -0.1) is 0 Å². The molecular formula is C16H18ClNO3S. The number of benzene rings is 1. The van der Waals surface area contributed by atoms with Gasteiger partial charge in [0.2, 0.25) is 0 Å². The first kappa shape index (κ1) is 16.8. The molecule has 0 bridgehead atoms. The lowest BCUT2D eigenvalue weighted by molar-refractivity contribution is 0.0913. The van der Waals surface area contributed by atoms with E-state index >= 15 is 0 Å². The fraction of sp³-hybridized carbons (Fsp3) is 0.312. The Morgan fingerprint density at radius 1 is 1.23 bits per heavy atom. The van der Waals surface area contributed by atoms with Crippen molar-refractivity contribution in [1.82, 2.24) is 5.32 Å². The van der Waals surface area contributed by atoms with Crippen LogP contribution in [-0.4, -0.2) is 16.2 Å². The number of rotatable bonds is 6. The highest BCUT2D eigenvalue weighted by atomic mass is 35.5. The van der Waals surface area contributed by atoms with Crippen molar-refractivity contribution < 1.29 is 13.4 Å². The first-order chi connectivity index (χ1) is 10.5. The lowest BCUT2D eigenvalue weighted by Crippen LogP contribution is -2.29. The van der Waals surface area contributed by atoms with Gasteiger partial charge < -0.3 is 9.73 Å². The quantitative estimate of drug-likeness (QED) is 0.876. The van der Waals surface area contributed by atoms with Crippen LogP contribution in [0.15, 0.2) is 40.8 Å². The molecule has 0 saturated carbocycles. The molecule has 1 aromatic heterocycles. The summed E-state index contributed by atoms with van der Waals surface area (Å²) in [6.07, 6.45) is 0. The summed E-state index contributed by atoms with van der Waals surface area (Å²) in [5.74, 6) is 1.10. The van der Waals surface area contributed by atoms with Crippen molar-refractivity contribution in [1.29, 1.82) is 0 Å². The fourth-order valence-corrected chi connectivity index (χ4v) is 3.36. The number of furan rings is 1. The average Bonchev–Trinajstić information content (AvgIpc) is 2.89. The molecule has 22 heavy (non-hydrogen) atoms. The molecular weight excluding hydrogens is 322 g/mol. The van der Waals surface area contributed by atoms with Crippen molar-refractivity contribution >= 4 is 28.3 Å². The van der Waals surface area contributed by atoms with Crippen LogP contribution in [0.1, 0.15) is 35.7 Å². The Morgan fingerprint density at radius 2 is 1.95 bits per heavy atom. The minimum Gasteiger partial charge on any atom is -0.455 e. The number of hydrogen-bond acceptors (Lipinski definition) is 3. The monoisotopic (exact) mass is 339 g/mol. The van der Waals surface area contributed by atoms with E-state index in [2.05, 4.69) is 5.32 Å². The highest BCUT2D eigenvalue weighted by molar-refractivity contribution is 7.83. The molecule has 1 aromatic carbocycles. The number of carbonyl (C=O) groups excluding carboxylic acids is 1. The van der Waals surface area contributed by atoms with Crippen LogP contribution in [0.4, 0.5) is 0 Å². The minimum atomic E-state index is -1.15. The van der Waals surface area contributed by atoms with Gasteiger partial charge in [0.05, 0.1) is 11.5 Å². The summed E-state index contributed by atoms with van der Waals surface area (Å²) in [4.78, 5) is 11.8. The molecule has 1 amide bonds. The summed E-state index contributed by atoms with van der Waals surface area (Å²) in [5.41, 5.74) is 0.840. The van der Waals surface area contributed by atoms with Crippen molar-refractivity contribution in [3.05, 3.63) is 58.5 Å². The van der Waals surface area contributed by atoms with E-state index in [1.807, 2.05) is 32.0 Å². The van der Waals surface area contributed by atoms with Gasteiger partial charge in [-0.1, -0.05) is 29.8 Å². The van der Waals surface area contributed by atoms with E-state index in [1.54, 1.807) is 18.2 Å². The predicted molar refractivity (Wildman–Crippen MR) is 88.3 cm³/mol. The van der Waals surface area contributed by atoms with E-state index in [4.69, 9.17) is 16.0 Å². The Balaban J connectivity index is 1.97. The van der Waals surface area contributed by atoms with Gasteiger partial charge in [0.25, 0.3) is 5.91 Å². The van der Waals surface area contributed by atoms with Crippen molar-refractivity contribution in [2.75, 3.05) is 0 Å². The molecule has 0 unspecified atom stereocenters. The maximum absolute atomic E-state index is 12.2. The third-order valence-electron chi connectivity index (χ3n) is 2.88. The van der Waals surface area contributed by atoms with Gasteiger partial charge in [0.1, 0.15) is 5.76 Å². The second-order valence-electron chi connectivity index (χ2n) is 5.21. The lowest BCUT2D eigenvalue weighted by atomic mass is 10.2. The van der Waals surface area contributed by atoms with Gasteiger partial charge in [0, 0.05) is 21.9 Å². The third-order valence-corrected chi connectivity index (χ3v) is 4.49. The van der Waals surface area contributed by atoms with Crippen LogP contribution in [0.25, 0.3) is 0 Å². The summed E-state index contributed by atoms with van der Waals surface area (Å²) < 4.78 is 17.6. The van der Waals surface area contributed by atoms with Crippen LogP contribution in [0.5, 0.6) is 0 Å². The number of carbonyl (C=O) groups is 1. The van der Waals surface area contributed by atoms with Crippen molar-refractivity contribution in [2.45, 2.75) is 31.4 Å². The Labute approximate surface area is 137 Å². The van der Waals surface area contributed by atoms with Crippen molar-refractivity contribution in [2.24, 2.45) is 0 Å². The number of hydrogen-bond donors (Lipinski definition) is 1. The Bertz CT molecular complexity index is 682. The summed E-state index contributed by atoms with van der Waals surface area (Å²) in [6, 6.07) is 10.6. The first-order valence-corrected chi connectivity index (χ1v) is 8.80. The minimum absolute atomic E-state index is 0.0374. The number of amides is 1. The van der Waals surface area contributed by atoms with Crippen LogP contribution in [-0.2, 0) is 22.3 Å². The molecule has 4 nitrogen and oxygen atoms in total. The molecule has 6 heteroatoms. The van der Waals surface area contributed by atoms with Crippen molar-refractivity contribution in [3.63, 3.8) is 0 Å². The first-order valence-electron chi connectivity index (χ1n) is 6.93. The zero-order chi connectivity index (χ0) is 16.1. The average molecular weight is 340 g/mol. The molecule has 1 atom stereocenters. The second-order valence-corrected chi connectivity index (χ2v) is 7.08. The highest BCUT2D eigenvalue weighted by Crippen LogP contribution is 2.18. The molecule has 0 aliphatic carbocycles. The third kappa shape index (κ3) is 4.71. The van der Waals surface area contributed by atoms with Gasteiger partial charge in [0.15, 0.2) is 5.76 Å². The number of nitrogens with one attached hydrogen (secondary N) is 1. The zero-order valence-corrected chi connectivity index (χ0v) is 14.0. The largest absolute Gasteiger partial charge is 0.455 e. The summed E-state index contributed by atoms with van der Waals surface area (Å²) >= 11 is 6.05. The van der Waals surface area contributed by atoms with Gasteiger partial charge in [-0.05, 0) is 37.6 Å². The summed E-state index contributed by atoms with van der Waals surface area (Å²) in [5, 5.41) is 3.35. The molecule has 0 aliphatic rings. The van der Waals surface area contributed by atoms with Gasteiger partial charge >= 0.3 is 0 Å². The topological polar surface area (TPSA) is 59.3 Å². The smallest absolute Gasteiger partial charge is 0.287 e. The molecule has 118 valence electrons. The van der Waals surface area contributed by atoms with E-state index in [0.717, 1.165) is 5.56 Å². The van der Waals surface area contributed by atoms with Crippen molar-refractivity contribution in [3.8, 4) is 0 Å². The summed E-state index contributed by atoms with van der Waals surface area (Å²) in [7, 11) is -1.15. The van der Waals surface area contributed by atoms with Crippen LogP contribution in [0.3, 0.4) is 0 Å². The molecule has 0 fully saturated rings. The summed E-state index contributed by atoms with van der Waals surface area (Å²) in [6.45, 7) is 3.75. The molecule has 1 heterocycles. The predicted octanol–water partition coefficient (Wildman–Crippen LogP) is 3.52. The Hall–Kier alpha value is -1.59. The van der Waals surface area contributed by atoms with E-state index in [1.165, 1.54) is 0 Å². The van der Waals surface area contributed by atoms with Crippen LogP contribution < -0.4 is 5.32 Å². The zero-order valence-electron chi connectivity index (χ0n) is 12.5. The standard InChI is InChI=1S/C16H18ClNO3S/c1-11(2)18-16(19)15-8-7-13(21-15)10-22(20)9-12-5-3-4-6-14(12)17/h3-8,11H,9-10H2,1-2H3,(H,18,19)/t22-/m1/s1. The highest BCUT2D eigenvalue weighted by Gasteiger charge is 2.14. The van der Waals surface area contributed by atoms with Gasteiger partial charge in [-0.3, -0.25) is 9.00 Å². The maximum Gasteiger partial charge on any atom is 0.287 e. The molecule has 0 aliphatic heterocycles. The van der Waals surface area contributed by atoms with Crippen LogP contribution in [0.2, 0.25) is 5.02 Å².